The number of nitrogens with one attached hydrogen (secondary N) is 12. The molecule has 1 aromatic carbocycles. The highest BCUT2D eigenvalue weighted by Crippen LogP contribution is 2.17. The predicted octanol–water partition coefficient (Wildman–Crippen LogP) is -2.38. The number of unbranched alkanes of at least 4 members (excludes halogenated alkanes) is 4. The molecule has 0 aliphatic heterocycles. The lowest BCUT2D eigenvalue weighted by Crippen LogP contribution is -2.63. The molecule has 0 unspecified atom stereocenters. The van der Waals surface area contributed by atoms with Crippen LogP contribution in [0.2, 0.25) is 0 Å². The van der Waals surface area contributed by atoms with Gasteiger partial charge in [-0.3, -0.25) is 62.3 Å². The molecule has 0 radical (unpaired) electrons. The number of hydrogen-bond donors (Lipinski definition) is 21. The minimum absolute atomic E-state index is 0.0375. The van der Waals surface area contributed by atoms with E-state index in [9.17, 15) is 87.5 Å². The highest BCUT2D eigenvalue weighted by atomic mass is 16.4. The number of aromatic hydroxyl groups is 1. The van der Waals surface area contributed by atoms with Gasteiger partial charge in [0.15, 0.2) is 0 Å². The molecular weight excluding hydrogens is 1380 g/mol. The van der Waals surface area contributed by atoms with E-state index in [-0.39, 0.29) is 56.9 Å². The van der Waals surface area contributed by atoms with Crippen molar-refractivity contribution in [3.8, 4) is 5.75 Å². The summed E-state index contributed by atoms with van der Waals surface area (Å²) in [6.07, 6.45) is 1.15. The molecule has 1 aromatic rings. The number of benzene rings is 1. The number of phenols is 1. The lowest BCUT2D eigenvalue weighted by molar-refractivity contribution is -0.143. The van der Waals surface area contributed by atoms with E-state index in [1.807, 2.05) is 0 Å². The molecular formula is C71H125N17O18. The van der Waals surface area contributed by atoms with E-state index < -0.39 is 204 Å². The van der Waals surface area contributed by atoms with Crippen LogP contribution in [0.25, 0.3) is 0 Å². The molecule has 602 valence electrons. The fourth-order valence-electron chi connectivity index (χ4n) is 11.0. The number of carbonyl (C=O) groups excluding carboxylic acids is 12. The summed E-state index contributed by atoms with van der Waals surface area (Å²) in [5.74, 6) is -16.1. The van der Waals surface area contributed by atoms with Crippen LogP contribution in [-0.2, 0) is 73.5 Å². The maximum absolute atomic E-state index is 14.4. The minimum atomic E-state index is -1.93. The minimum Gasteiger partial charge on any atom is -0.508 e. The van der Waals surface area contributed by atoms with Gasteiger partial charge in [0.05, 0.1) is 12.1 Å². The summed E-state index contributed by atoms with van der Waals surface area (Å²) in [6.45, 7) is 19.9. The van der Waals surface area contributed by atoms with E-state index >= 15 is 0 Å². The Morgan fingerprint density at radius 1 is 0.349 bits per heavy atom. The van der Waals surface area contributed by atoms with Crippen molar-refractivity contribution in [1.29, 1.82) is 0 Å². The zero-order chi connectivity index (χ0) is 80.7. The maximum Gasteiger partial charge on any atom is 0.326 e. The summed E-state index contributed by atoms with van der Waals surface area (Å²) < 4.78 is 0. The van der Waals surface area contributed by atoms with Crippen LogP contribution in [0, 0.1) is 29.6 Å². The average molecular weight is 1500 g/mol. The Bertz CT molecular complexity index is 2990. The van der Waals surface area contributed by atoms with Gasteiger partial charge in [-0.05, 0) is 171 Å². The van der Waals surface area contributed by atoms with E-state index in [1.165, 1.54) is 31.2 Å². The Kier molecular flexibility index (Phi) is 45.0. The lowest BCUT2D eigenvalue weighted by Gasteiger charge is -2.30. The third-order valence-electron chi connectivity index (χ3n) is 17.5. The van der Waals surface area contributed by atoms with E-state index in [4.69, 9.17) is 28.7 Å². The Morgan fingerprint density at radius 2 is 0.660 bits per heavy atom. The number of carbonyl (C=O) groups is 14. The summed E-state index contributed by atoms with van der Waals surface area (Å²) >= 11 is 0. The zero-order valence-corrected chi connectivity index (χ0v) is 63.8. The summed E-state index contributed by atoms with van der Waals surface area (Å²) in [7, 11) is 0. The van der Waals surface area contributed by atoms with Gasteiger partial charge in [-0.2, -0.15) is 0 Å². The second-order valence-corrected chi connectivity index (χ2v) is 28.8. The Balaban J connectivity index is 3.54. The molecule has 14 atom stereocenters. The molecule has 0 saturated carbocycles. The van der Waals surface area contributed by atoms with Crippen LogP contribution >= 0.6 is 0 Å². The summed E-state index contributed by atoms with van der Waals surface area (Å²) in [4.78, 5) is 193. The molecule has 0 fully saturated rings. The number of nitrogens with two attached hydrogens (primary N) is 5. The van der Waals surface area contributed by atoms with Gasteiger partial charge in [0, 0.05) is 12.8 Å². The lowest BCUT2D eigenvalue weighted by atomic mass is 9.98. The standard InChI is InChI=1S/C71H125N17O18/c1-37(2)35-51(65(99)87-57(41(9)10)71(105)106)82-68(102)55(39(5)6)85-66(100)52(36-44-25-27-45(90)28-26-44)83-70(104)58(43(12)89)88-64(98)50(29-30-53(91)92)78-59(93)42(11)77-67(101)54(38(3)4)86-69(103)56(40(7)8)84-63(97)49(24-16-20-34-75)81-62(96)48(23-15-19-33-74)80-61(95)47(22-14-18-32-73)79-60(94)46(76)21-13-17-31-72/h25-28,37-43,46-52,54-58,89-90H,13-24,29-36,72-76H2,1-12H3,(H,77,101)(H,78,93)(H,79,94)(H,80,95)(H,81,96)(H,82,102)(H,83,104)(H,84,97)(H,85,100)(H,86,103)(H,87,99)(H,88,98)(H,91,92)(H,105,106)/t42-,43+,46-,47-,48-,49-,50-,51-,52-,54-,55-,56-,57-,58-/m0/s1. The van der Waals surface area contributed by atoms with Gasteiger partial charge in [-0.15, -0.1) is 0 Å². The Hall–Kier alpha value is -8.64. The van der Waals surface area contributed by atoms with Gasteiger partial charge in [-0.25, -0.2) is 4.79 Å². The average Bonchev–Trinajstić information content (AvgIpc) is 0.849. The highest BCUT2D eigenvalue weighted by molar-refractivity contribution is 6.00. The van der Waals surface area contributed by atoms with Crippen molar-refractivity contribution >= 4 is 82.8 Å². The van der Waals surface area contributed by atoms with Crippen molar-refractivity contribution in [2.75, 3.05) is 26.2 Å². The number of aliphatic carboxylic acids is 2. The molecule has 26 N–H and O–H groups in total. The zero-order valence-electron chi connectivity index (χ0n) is 63.8. The highest BCUT2D eigenvalue weighted by Gasteiger charge is 2.39. The van der Waals surface area contributed by atoms with Crippen LogP contribution in [0.5, 0.6) is 5.75 Å². The summed E-state index contributed by atoms with van der Waals surface area (Å²) in [5, 5.41) is 71.5. The largest absolute Gasteiger partial charge is 0.508 e. The Labute approximate surface area is 622 Å². The van der Waals surface area contributed by atoms with Crippen molar-refractivity contribution in [2.45, 2.75) is 270 Å². The molecule has 0 saturated heterocycles. The number of rotatable bonds is 53. The molecule has 106 heavy (non-hydrogen) atoms. The molecule has 0 aliphatic carbocycles. The van der Waals surface area contributed by atoms with Gasteiger partial charge in [-0.1, -0.05) is 87.8 Å². The number of phenolic OH excluding ortho intramolecular Hbond substituents is 1. The van der Waals surface area contributed by atoms with Crippen LogP contribution in [-0.4, -0.2) is 214 Å². The molecule has 35 heteroatoms. The summed E-state index contributed by atoms with van der Waals surface area (Å²) in [6, 6.07) is -12.6. The van der Waals surface area contributed by atoms with Gasteiger partial charge in [0.2, 0.25) is 70.9 Å². The van der Waals surface area contributed by atoms with E-state index in [1.54, 1.807) is 69.2 Å². The van der Waals surface area contributed by atoms with Crippen molar-refractivity contribution < 1.29 is 87.5 Å². The van der Waals surface area contributed by atoms with Crippen LogP contribution in [0.3, 0.4) is 0 Å². The number of carboxylic acids is 2. The molecule has 1 rings (SSSR count). The third kappa shape index (κ3) is 35.6. The topological polar surface area (TPSA) is 594 Å². The third-order valence-corrected chi connectivity index (χ3v) is 17.5. The first-order valence-electron chi connectivity index (χ1n) is 36.9. The Morgan fingerprint density at radius 3 is 1.06 bits per heavy atom. The second kappa shape index (κ2) is 50.0. The number of amides is 12. The van der Waals surface area contributed by atoms with E-state index in [0.717, 1.165) is 6.92 Å². The van der Waals surface area contributed by atoms with E-state index in [0.29, 0.717) is 76.4 Å². The molecule has 0 aromatic heterocycles. The first-order chi connectivity index (χ1) is 49.7. The molecule has 0 heterocycles. The van der Waals surface area contributed by atoms with Crippen LogP contribution in [0.1, 0.15) is 185 Å². The number of carboxylic acid groups (broad SMARTS) is 2. The quantitative estimate of drug-likeness (QED) is 0.0303. The normalized spacial score (nSPS) is 15.4. The maximum atomic E-state index is 14.4. The molecule has 12 amide bonds. The number of aliphatic hydroxyl groups excluding tert-OH is 1. The molecule has 35 nitrogen and oxygen atoms in total. The molecule has 0 bridgehead atoms. The number of aliphatic hydroxyl groups is 1. The fourth-order valence-corrected chi connectivity index (χ4v) is 11.0. The first kappa shape index (κ1) is 95.4. The summed E-state index contributed by atoms with van der Waals surface area (Å²) in [5.41, 5.74) is 29.5. The van der Waals surface area contributed by atoms with Gasteiger partial charge < -0.3 is 113 Å². The van der Waals surface area contributed by atoms with Crippen LogP contribution in [0.15, 0.2) is 24.3 Å². The van der Waals surface area contributed by atoms with Gasteiger partial charge in [0.25, 0.3) is 0 Å². The molecule has 0 spiro atoms. The SMILES string of the molecule is CC(C)C[C@H](NC(=O)[C@@H](NC(=O)[C@H](Cc1ccc(O)cc1)NC(=O)[C@@H](NC(=O)[C@H](CCC(=O)O)NC(=O)[C@H](C)NC(=O)[C@@H](NC(=O)[C@@H](NC(=O)[C@H](CCCCN)NC(=O)[C@H](CCCCN)NC(=O)[C@H](CCCCN)NC(=O)[C@@H](N)CCCCN)C(C)C)C(C)C)[C@@H](C)O)C(C)C)C(=O)N[C@H](C(=O)O)C(C)C. The second-order valence-electron chi connectivity index (χ2n) is 28.8. The monoisotopic (exact) mass is 1500 g/mol. The predicted molar refractivity (Wildman–Crippen MR) is 395 cm³/mol. The number of hydrogen-bond acceptors (Lipinski definition) is 21. The van der Waals surface area contributed by atoms with Crippen molar-refractivity contribution in [3.63, 3.8) is 0 Å². The smallest absolute Gasteiger partial charge is 0.326 e. The van der Waals surface area contributed by atoms with Crippen molar-refractivity contribution in [2.24, 2.45) is 58.3 Å². The molecule has 0 aliphatic rings. The van der Waals surface area contributed by atoms with Crippen LogP contribution < -0.4 is 92.5 Å². The van der Waals surface area contributed by atoms with Gasteiger partial charge >= 0.3 is 11.9 Å². The van der Waals surface area contributed by atoms with Crippen molar-refractivity contribution in [1.82, 2.24) is 63.8 Å². The first-order valence-corrected chi connectivity index (χ1v) is 36.9. The van der Waals surface area contributed by atoms with Crippen molar-refractivity contribution in [3.05, 3.63) is 29.8 Å². The van der Waals surface area contributed by atoms with Gasteiger partial charge in [0.1, 0.15) is 78.3 Å². The van der Waals surface area contributed by atoms with Crippen LogP contribution in [0.4, 0.5) is 0 Å². The van der Waals surface area contributed by atoms with E-state index in [2.05, 4.69) is 63.8 Å². The fraction of sp³-hybridized carbons (Fsp3) is 0.718.